The van der Waals surface area contributed by atoms with Gasteiger partial charge in [0.05, 0.1) is 12.2 Å². The van der Waals surface area contributed by atoms with Crippen molar-refractivity contribution < 1.29 is 9.26 Å². The first-order chi connectivity index (χ1) is 14.8. The van der Waals surface area contributed by atoms with Crippen LogP contribution in [0.25, 0.3) is 10.8 Å². The summed E-state index contributed by atoms with van der Waals surface area (Å²) in [6.07, 6.45) is 1.63. The Kier molecular flexibility index (Phi) is 6.82. The first-order valence-electron chi connectivity index (χ1n) is 10.6. The van der Waals surface area contributed by atoms with E-state index in [1.165, 1.54) is 5.39 Å². The normalized spacial score (nSPS) is 15.5. The summed E-state index contributed by atoms with van der Waals surface area (Å²) in [6.45, 7) is 8.77. The minimum Gasteiger partial charge on any atom is -0.491 e. The minimum absolute atomic E-state index is 0.551. The Morgan fingerprint density at radius 3 is 2.73 bits per heavy atom. The number of fused-ring (bicyclic) bond motifs is 1. The number of piperazine rings is 1. The van der Waals surface area contributed by atoms with Crippen LogP contribution in [0.1, 0.15) is 12.6 Å². The fraction of sp³-hybridized carbons (Fsp3) is 0.391. The van der Waals surface area contributed by atoms with Crippen LogP contribution in [0.15, 0.2) is 64.3 Å². The van der Waals surface area contributed by atoms with Gasteiger partial charge in [-0.05, 0) is 18.4 Å². The molecule has 0 saturated carbocycles. The van der Waals surface area contributed by atoms with E-state index < -0.39 is 0 Å². The van der Waals surface area contributed by atoms with Crippen molar-refractivity contribution in [2.24, 2.45) is 4.99 Å². The highest BCUT2D eigenvalue weighted by atomic mass is 16.5. The van der Waals surface area contributed by atoms with Gasteiger partial charge in [-0.3, -0.25) is 4.90 Å². The highest BCUT2D eigenvalue weighted by Crippen LogP contribution is 2.24. The van der Waals surface area contributed by atoms with E-state index in [1.54, 1.807) is 6.26 Å². The molecule has 7 heteroatoms. The average Bonchev–Trinajstić information content (AvgIpc) is 3.30. The molecule has 1 aliphatic heterocycles. The second-order valence-corrected chi connectivity index (χ2v) is 7.32. The third kappa shape index (κ3) is 5.10. The molecular formula is C23H29N5O2. The molecule has 2 aromatic carbocycles. The molecule has 1 aliphatic rings. The maximum absolute atomic E-state index is 6.03. The Morgan fingerprint density at radius 1 is 1.10 bits per heavy atom. The molecule has 2 heterocycles. The van der Waals surface area contributed by atoms with Gasteiger partial charge in [-0.2, -0.15) is 0 Å². The number of nitrogens with zero attached hydrogens (tertiary/aromatic N) is 4. The van der Waals surface area contributed by atoms with Gasteiger partial charge < -0.3 is 19.5 Å². The van der Waals surface area contributed by atoms with Gasteiger partial charge in [0, 0.05) is 50.7 Å². The standard InChI is InChI=1S/C23H29N5O2/c1-2-24-23(28-14-12-27(13-15-28)18-20-10-16-30-26-20)25-11-17-29-22-9-5-7-19-6-3-4-8-21(19)22/h3-10,16H,2,11-15,17-18H2,1H3,(H,24,25). The zero-order valence-electron chi connectivity index (χ0n) is 17.5. The molecule has 0 spiro atoms. The summed E-state index contributed by atoms with van der Waals surface area (Å²) in [5.41, 5.74) is 0.981. The number of ether oxygens (including phenoxy) is 1. The zero-order chi connectivity index (χ0) is 20.6. The number of hydrogen-bond acceptors (Lipinski definition) is 5. The molecule has 0 unspecified atom stereocenters. The van der Waals surface area contributed by atoms with E-state index in [9.17, 15) is 0 Å². The first kappa shape index (κ1) is 20.2. The molecule has 3 aromatic rings. The van der Waals surface area contributed by atoms with Gasteiger partial charge in [0.2, 0.25) is 0 Å². The predicted octanol–water partition coefficient (Wildman–Crippen LogP) is 2.99. The molecule has 7 nitrogen and oxygen atoms in total. The number of hydrogen-bond donors (Lipinski definition) is 1. The Balaban J connectivity index is 1.29. The number of aromatic nitrogens is 1. The minimum atomic E-state index is 0.551. The van der Waals surface area contributed by atoms with Crippen LogP contribution in [-0.2, 0) is 6.54 Å². The molecule has 1 N–H and O–H groups in total. The molecule has 0 atom stereocenters. The molecular weight excluding hydrogens is 378 g/mol. The summed E-state index contributed by atoms with van der Waals surface area (Å²) in [5, 5.41) is 9.75. The lowest BCUT2D eigenvalue weighted by Gasteiger charge is -2.36. The molecule has 158 valence electrons. The lowest BCUT2D eigenvalue weighted by molar-refractivity contribution is 0.169. The van der Waals surface area contributed by atoms with E-state index in [1.807, 2.05) is 30.3 Å². The monoisotopic (exact) mass is 407 g/mol. The molecule has 0 amide bonds. The van der Waals surface area contributed by atoms with Crippen molar-refractivity contribution in [2.75, 3.05) is 45.9 Å². The Hall–Kier alpha value is -3.06. The molecule has 1 aromatic heterocycles. The number of guanidine groups is 1. The van der Waals surface area contributed by atoms with E-state index in [2.05, 4.69) is 45.4 Å². The Labute approximate surface area is 177 Å². The third-order valence-electron chi connectivity index (χ3n) is 5.24. The molecule has 1 fully saturated rings. The highest BCUT2D eigenvalue weighted by Gasteiger charge is 2.20. The maximum atomic E-state index is 6.03. The topological polar surface area (TPSA) is 66.1 Å². The van der Waals surface area contributed by atoms with Crippen LogP contribution in [-0.4, -0.2) is 66.8 Å². The smallest absolute Gasteiger partial charge is 0.194 e. The molecule has 0 bridgehead atoms. The third-order valence-corrected chi connectivity index (χ3v) is 5.24. The van der Waals surface area contributed by atoms with Gasteiger partial charge in [0.1, 0.15) is 18.6 Å². The van der Waals surface area contributed by atoms with Gasteiger partial charge in [-0.15, -0.1) is 0 Å². The largest absolute Gasteiger partial charge is 0.491 e. The van der Waals surface area contributed by atoms with Crippen molar-refractivity contribution in [1.82, 2.24) is 20.3 Å². The molecule has 4 rings (SSSR count). The van der Waals surface area contributed by atoms with Crippen molar-refractivity contribution in [1.29, 1.82) is 0 Å². The van der Waals surface area contributed by atoms with Gasteiger partial charge in [0.15, 0.2) is 5.96 Å². The zero-order valence-corrected chi connectivity index (χ0v) is 17.5. The van der Waals surface area contributed by atoms with Crippen LogP contribution in [0.3, 0.4) is 0 Å². The van der Waals surface area contributed by atoms with Crippen molar-refractivity contribution in [2.45, 2.75) is 13.5 Å². The van der Waals surface area contributed by atoms with E-state index in [0.29, 0.717) is 13.2 Å². The number of rotatable bonds is 7. The lowest BCUT2D eigenvalue weighted by atomic mass is 10.1. The van der Waals surface area contributed by atoms with Crippen LogP contribution >= 0.6 is 0 Å². The summed E-state index contributed by atoms with van der Waals surface area (Å²) in [7, 11) is 0. The average molecular weight is 408 g/mol. The van der Waals surface area contributed by atoms with E-state index in [4.69, 9.17) is 14.3 Å². The quantitative estimate of drug-likeness (QED) is 0.369. The highest BCUT2D eigenvalue weighted by molar-refractivity contribution is 5.88. The van der Waals surface area contributed by atoms with Gasteiger partial charge in [0.25, 0.3) is 0 Å². The van der Waals surface area contributed by atoms with E-state index in [-0.39, 0.29) is 0 Å². The molecule has 1 saturated heterocycles. The van der Waals surface area contributed by atoms with Crippen LogP contribution < -0.4 is 10.1 Å². The predicted molar refractivity (Wildman–Crippen MR) is 119 cm³/mol. The fourth-order valence-corrected chi connectivity index (χ4v) is 3.72. The van der Waals surface area contributed by atoms with Crippen LogP contribution in [0.5, 0.6) is 5.75 Å². The lowest BCUT2D eigenvalue weighted by Crippen LogP contribution is -2.52. The van der Waals surface area contributed by atoms with E-state index >= 15 is 0 Å². The fourth-order valence-electron chi connectivity index (χ4n) is 3.72. The summed E-state index contributed by atoms with van der Waals surface area (Å²) < 4.78 is 11.0. The van der Waals surface area contributed by atoms with Gasteiger partial charge in [-0.25, -0.2) is 4.99 Å². The van der Waals surface area contributed by atoms with Crippen molar-refractivity contribution in [3.05, 3.63) is 60.5 Å². The molecule has 0 aliphatic carbocycles. The first-order valence-corrected chi connectivity index (χ1v) is 10.6. The van der Waals surface area contributed by atoms with Gasteiger partial charge in [-0.1, -0.05) is 41.6 Å². The number of benzene rings is 2. The summed E-state index contributed by atoms with van der Waals surface area (Å²) in [6, 6.07) is 16.4. The Bertz CT molecular complexity index is 944. The summed E-state index contributed by atoms with van der Waals surface area (Å²) >= 11 is 0. The van der Waals surface area contributed by atoms with Crippen LogP contribution in [0, 0.1) is 0 Å². The SMILES string of the molecule is CCNC(=NCCOc1cccc2ccccc12)N1CCN(Cc2ccon2)CC1. The molecule has 0 radical (unpaired) electrons. The maximum Gasteiger partial charge on any atom is 0.194 e. The summed E-state index contributed by atoms with van der Waals surface area (Å²) in [4.78, 5) is 9.50. The van der Waals surface area contributed by atoms with Crippen molar-refractivity contribution >= 4 is 16.7 Å². The number of nitrogens with one attached hydrogen (secondary N) is 1. The van der Waals surface area contributed by atoms with Crippen LogP contribution in [0.2, 0.25) is 0 Å². The second-order valence-electron chi connectivity index (χ2n) is 7.32. The summed E-state index contributed by atoms with van der Waals surface area (Å²) in [5.74, 6) is 1.87. The van der Waals surface area contributed by atoms with Crippen molar-refractivity contribution in [3.63, 3.8) is 0 Å². The van der Waals surface area contributed by atoms with Gasteiger partial charge >= 0.3 is 0 Å². The van der Waals surface area contributed by atoms with Crippen LogP contribution in [0.4, 0.5) is 0 Å². The van der Waals surface area contributed by atoms with E-state index in [0.717, 1.165) is 62.1 Å². The molecule has 30 heavy (non-hydrogen) atoms. The van der Waals surface area contributed by atoms with Crippen molar-refractivity contribution in [3.8, 4) is 5.75 Å². The Morgan fingerprint density at radius 2 is 1.93 bits per heavy atom. The number of aliphatic imine (C=N–C) groups is 1. The second kappa shape index (κ2) is 10.1.